The van der Waals surface area contributed by atoms with Crippen LogP contribution in [0.5, 0.6) is 0 Å². The van der Waals surface area contributed by atoms with Gasteiger partial charge in [0.15, 0.2) is 0 Å². The van der Waals surface area contributed by atoms with Crippen molar-refractivity contribution in [2.24, 2.45) is 5.92 Å². The van der Waals surface area contributed by atoms with E-state index in [-0.39, 0.29) is 0 Å². The van der Waals surface area contributed by atoms with Gasteiger partial charge in [-0.05, 0) is 75.5 Å². The van der Waals surface area contributed by atoms with E-state index in [9.17, 15) is 0 Å². The first kappa shape index (κ1) is 13.9. The largest absolute Gasteiger partial charge is 0.385 e. The molecular weight excluding hydrogens is 246 g/mol. The summed E-state index contributed by atoms with van der Waals surface area (Å²) in [5.41, 5.74) is 2.71. The Kier molecular flexibility index (Phi) is 4.93. The van der Waals surface area contributed by atoms with Crippen LogP contribution in [0.25, 0.3) is 0 Å². The lowest BCUT2D eigenvalue weighted by Crippen LogP contribution is -2.33. The number of hydrogen-bond acceptors (Lipinski definition) is 3. The molecule has 0 saturated carbocycles. The van der Waals surface area contributed by atoms with Gasteiger partial charge in [-0.15, -0.1) is 0 Å². The monoisotopic (exact) mass is 273 g/mol. The van der Waals surface area contributed by atoms with E-state index in [0.717, 1.165) is 19.0 Å². The second-order valence-corrected chi connectivity index (χ2v) is 6.27. The quantitative estimate of drug-likeness (QED) is 0.864. The number of hydrogen-bond donors (Lipinski definition) is 2. The van der Waals surface area contributed by atoms with Gasteiger partial charge >= 0.3 is 0 Å². The van der Waals surface area contributed by atoms with Gasteiger partial charge in [0, 0.05) is 18.8 Å². The fourth-order valence-electron chi connectivity index (χ4n) is 3.29. The maximum atomic E-state index is 3.58. The minimum atomic E-state index is 0.785. The molecule has 0 amide bonds. The molecule has 1 aromatic rings. The Labute approximate surface area is 122 Å². The highest BCUT2D eigenvalue weighted by atomic mass is 15.1. The smallest absolute Gasteiger partial charge is 0.0340 e. The minimum Gasteiger partial charge on any atom is -0.385 e. The molecule has 0 aliphatic carbocycles. The normalized spacial score (nSPS) is 23.9. The maximum absolute atomic E-state index is 3.58. The molecule has 3 rings (SSSR count). The Balaban J connectivity index is 1.45. The summed E-state index contributed by atoms with van der Waals surface area (Å²) in [5.74, 6) is 0.785. The average Bonchev–Trinajstić information content (AvgIpc) is 3.01. The Bertz CT molecular complexity index is 389. The van der Waals surface area contributed by atoms with Crippen molar-refractivity contribution in [3.8, 4) is 0 Å². The van der Waals surface area contributed by atoms with Crippen LogP contribution in [0.1, 0.15) is 31.2 Å². The molecule has 2 aliphatic rings. The molecule has 110 valence electrons. The first-order valence-corrected chi connectivity index (χ1v) is 8.16. The molecule has 2 N–H and O–H groups in total. The zero-order valence-electron chi connectivity index (χ0n) is 12.4. The predicted molar refractivity (Wildman–Crippen MR) is 85.0 cm³/mol. The van der Waals surface area contributed by atoms with Crippen molar-refractivity contribution in [1.82, 2.24) is 10.2 Å². The highest BCUT2D eigenvalue weighted by molar-refractivity contribution is 5.44. The van der Waals surface area contributed by atoms with Crippen molar-refractivity contribution in [1.29, 1.82) is 0 Å². The van der Waals surface area contributed by atoms with Crippen LogP contribution in [0.4, 0.5) is 5.69 Å². The van der Waals surface area contributed by atoms with Crippen molar-refractivity contribution < 1.29 is 0 Å². The van der Waals surface area contributed by atoms with Gasteiger partial charge in [-0.2, -0.15) is 0 Å². The molecule has 3 heteroatoms. The van der Waals surface area contributed by atoms with Crippen LogP contribution < -0.4 is 10.6 Å². The van der Waals surface area contributed by atoms with Gasteiger partial charge in [0.25, 0.3) is 0 Å². The van der Waals surface area contributed by atoms with Crippen molar-refractivity contribution in [3.63, 3.8) is 0 Å². The summed E-state index contributed by atoms with van der Waals surface area (Å²) in [7, 11) is 0. The summed E-state index contributed by atoms with van der Waals surface area (Å²) in [6, 6.07) is 9.03. The van der Waals surface area contributed by atoms with Crippen LogP contribution in [0.2, 0.25) is 0 Å². The van der Waals surface area contributed by atoms with Gasteiger partial charge in [-0.25, -0.2) is 0 Å². The fourth-order valence-corrected chi connectivity index (χ4v) is 3.29. The van der Waals surface area contributed by atoms with Gasteiger partial charge in [0.05, 0.1) is 0 Å². The Morgan fingerprint density at radius 2 is 1.90 bits per heavy atom. The molecule has 20 heavy (non-hydrogen) atoms. The van der Waals surface area contributed by atoms with E-state index >= 15 is 0 Å². The molecule has 3 nitrogen and oxygen atoms in total. The molecule has 2 saturated heterocycles. The molecule has 2 aliphatic heterocycles. The molecule has 0 bridgehead atoms. The summed E-state index contributed by atoms with van der Waals surface area (Å²) in [5, 5.41) is 7.06. The van der Waals surface area contributed by atoms with Crippen LogP contribution in [0.15, 0.2) is 24.3 Å². The lowest BCUT2D eigenvalue weighted by atomic mass is 10.00. The first-order chi connectivity index (χ1) is 9.90. The van der Waals surface area contributed by atoms with Gasteiger partial charge in [0.2, 0.25) is 0 Å². The average molecular weight is 273 g/mol. The summed E-state index contributed by atoms with van der Waals surface area (Å²) >= 11 is 0. The number of anilines is 1. The number of nitrogens with one attached hydrogen (secondary N) is 2. The van der Waals surface area contributed by atoms with E-state index in [4.69, 9.17) is 0 Å². The standard InChI is InChI=1S/C17H27N3/c1-2-11-20(10-1)14-15-5-7-17(8-6-15)19-13-16-4-3-9-18-12-16/h5-8,16,18-19H,1-4,9-14H2. The third-order valence-corrected chi connectivity index (χ3v) is 4.55. The summed E-state index contributed by atoms with van der Waals surface area (Å²) in [6.45, 7) is 7.12. The minimum absolute atomic E-state index is 0.785. The van der Waals surface area contributed by atoms with Crippen LogP contribution in [0, 0.1) is 5.92 Å². The molecule has 0 radical (unpaired) electrons. The summed E-state index contributed by atoms with van der Waals surface area (Å²) < 4.78 is 0. The molecule has 0 spiro atoms. The lowest BCUT2D eigenvalue weighted by Gasteiger charge is -2.23. The number of rotatable bonds is 5. The summed E-state index contributed by atoms with van der Waals surface area (Å²) in [6.07, 6.45) is 5.41. The maximum Gasteiger partial charge on any atom is 0.0340 e. The highest BCUT2D eigenvalue weighted by Crippen LogP contribution is 2.16. The number of benzene rings is 1. The second-order valence-electron chi connectivity index (χ2n) is 6.27. The van der Waals surface area contributed by atoms with E-state index in [2.05, 4.69) is 39.8 Å². The third kappa shape index (κ3) is 3.97. The molecule has 2 fully saturated rings. The van der Waals surface area contributed by atoms with Gasteiger partial charge < -0.3 is 10.6 Å². The SMILES string of the molecule is c1cc(NCC2CCCNC2)ccc1CN1CCCC1. The van der Waals surface area contributed by atoms with Gasteiger partial charge in [-0.1, -0.05) is 12.1 Å². The number of nitrogens with zero attached hydrogens (tertiary/aromatic N) is 1. The van der Waals surface area contributed by atoms with Crippen molar-refractivity contribution in [3.05, 3.63) is 29.8 Å². The Morgan fingerprint density at radius 3 is 2.60 bits per heavy atom. The fraction of sp³-hybridized carbons (Fsp3) is 0.647. The number of piperidine rings is 1. The van der Waals surface area contributed by atoms with Crippen LogP contribution in [-0.2, 0) is 6.54 Å². The van der Waals surface area contributed by atoms with Crippen molar-refractivity contribution in [2.45, 2.75) is 32.2 Å². The Hall–Kier alpha value is -1.06. The predicted octanol–water partition coefficient (Wildman–Crippen LogP) is 2.69. The highest BCUT2D eigenvalue weighted by Gasteiger charge is 2.13. The first-order valence-electron chi connectivity index (χ1n) is 8.16. The second kappa shape index (κ2) is 7.09. The van der Waals surface area contributed by atoms with E-state index in [0.29, 0.717) is 0 Å². The zero-order chi connectivity index (χ0) is 13.6. The zero-order valence-corrected chi connectivity index (χ0v) is 12.4. The van der Waals surface area contributed by atoms with Crippen LogP contribution >= 0.6 is 0 Å². The number of likely N-dealkylation sites (tertiary alicyclic amines) is 1. The van der Waals surface area contributed by atoms with Crippen LogP contribution in [0.3, 0.4) is 0 Å². The lowest BCUT2D eigenvalue weighted by molar-refractivity contribution is 0.331. The molecule has 0 aromatic heterocycles. The van der Waals surface area contributed by atoms with Crippen molar-refractivity contribution in [2.75, 3.05) is 38.0 Å². The molecule has 1 unspecified atom stereocenters. The van der Waals surface area contributed by atoms with E-state index in [1.807, 2.05) is 0 Å². The molecular formula is C17H27N3. The van der Waals surface area contributed by atoms with Gasteiger partial charge in [0.1, 0.15) is 0 Å². The third-order valence-electron chi connectivity index (χ3n) is 4.55. The molecule has 1 atom stereocenters. The van der Waals surface area contributed by atoms with Crippen LogP contribution in [-0.4, -0.2) is 37.6 Å². The summed E-state index contributed by atoms with van der Waals surface area (Å²) in [4.78, 5) is 2.55. The molecule has 1 aromatic carbocycles. The molecule has 2 heterocycles. The van der Waals surface area contributed by atoms with E-state index in [1.54, 1.807) is 0 Å². The van der Waals surface area contributed by atoms with E-state index in [1.165, 1.54) is 63.1 Å². The van der Waals surface area contributed by atoms with E-state index < -0.39 is 0 Å². The topological polar surface area (TPSA) is 27.3 Å². The van der Waals surface area contributed by atoms with Crippen molar-refractivity contribution >= 4 is 5.69 Å². The van der Waals surface area contributed by atoms with Gasteiger partial charge in [-0.3, -0.25) is 4.90 Å². The Morgan fingerprint density at radius 1 is 1.10 bits per heavy atom.